The van der Waals surface area contributed by atoms with Gasteiger partial charge in [0.25, 0.3) is 0 Å². The maximum Gasteiger partial charge on any atom is 0.178 e. The molecule has 0 aliphatic rings. The lowest BCUT2D eigenvalue weighted by Gasteiger charge is -1.90. The molecule has 2 rings (SSSR count). The summed E-state index contributed by atoms with van der Waals surface area (Å²) >= 11 is 5.70. The second kappa shape index (κ2) is 2.10. The fourth-order valence-corrected chi connectivity index (χ4v) is 1.01. The van der Waals surface area contributed by atoms with Crippen molar-refractivity contribution in [1.29, 1.82) is 0 Å². The molecule has 0 amide bonds. The van der Waals surface area contributed by atoms with E-state index in [1.54, 1.807) is 0 Å². The van der Waals surface area contributed by atoms with Gasteiger partial charge >= 0.3 is 0 Å². The summed E-state index contributed by atoms with van der Waals surface area (Å²) in [6, 6.07) is 2.97. The number of hydrogen-bond acceptors (Lipinski definition) is 4. The van der Waals surface area contributed by atoms with Gasteiger partial charge in [-0.05, 0) is 22.4 Å². The van der Waals surface area contributed by atoms with Gasteiger partial charge < -0.3 is 5.11 Å². The zero-order valence-electron chi connectivity index (χ0n) is 5.28. The van der Waals surface area contributed by atoms with Gasteiger partial charge in [-0.15, -0.1) is 0 Å². The highest BCUT2D eigenvalue weighted by molar-refractivity contribution is 6.35. The smallest absolute Gasteiger partial charge is 0.178 e. The lowest BCUT2D eigenvalue weighted by atomic mass is 10.3. The van der Waals surface area contributed by atoms with E-state index in [0.717, 1.165) is 0 Å². The zero-order chi connectivity index (χ0) is 7.84. The van der Waals surface area contributed by atoms with Crippen LogP contribution in [0.1, 0.15) is 0 Å². The lowest BCUT2D eigenvalue weighted by Crippen LogP contribution is -1.72. The van der Waals surface area contributed by atoms with Crippen molar-refractivity contribution in [2.24, 2.45) is 0 Å². The summed E-state index contributed by atoms with van der Waals surface area (Å²) < 4.78 is 4.38. The largest absolute Gasteiger partial charge is 0.505 e. The number of rotatable bonds is 0. The van der Waals surface area contributed by atoms with Crippen molar-refractivity contribution < 1.29 is 9.74 Å². The van der Waals surface area contributed by atoms with Gasteiger partial charge in [-0.3, -0.25) is 0 Å². The fraction of sp³-hybridized carbons (Fsp3) is 0. The van der Waals surface area contributed by atoms with Crippen molar-refractivity contribution in [2.75, 3.05) is 0 Å². The molecule has 5 heteroatoms. The maximum absolute atomic E-state index is 9.16. The molecule has 1 aromatic carbocycles. The van der Waals surface area contributed by atoms with E-state index in [0.29, 0.717) is 10.5 Å². The molecule has 0 aliphatic carbocycles. The predicted octanol–water partition coefficient (Wildman–Crippen LogP) is 1.58. The number of aromatic nitrogens is 2. The van der Waals surface area contributed by atoms with E-state index >= 15 is 0 Å². The maximum atomic E-state index is 9.16. The Morgan fingerprint density at radius 3 is 2.73 bits per heavy atom. The number of phenolic OH excluding ortho intramolecular Hbond substituents is 1. The van der Waals surface area contributed by atoms with Crippen molar-refractivity contribution in [2.45, 2.75) is 0 Å². The second-order valence-corrected chi connectivity index (χ2v) is 2.44. The lowest BCUT2D eigenvalue weighted by molar-refractivity contribution is 0.314. The molecular weight excluding hydrogens is 168 g/mol. The number of nitrogens with zero attached hydrogens (tertiary/aromatic N) is 2. The Bertz CT molecular complexity index is 362. The number of phenols is 1. The molecule has 4 nitrogen and oxygen atoms in total. The molecule has 0 radical (unpaired) electrons. The molecule has 1 aromatic heterocycles. The molecular formula is C6H3ClN2O2. The summed E-state index contributed by atoms with van der Waals surface area (Å²) in [7, 11) is 0. The van der Waals surface area contributed by atoms with Crippen LogP contribution in [0.2, 0.25) is 5.02 Å². The Labute approximate surface area is 66.3 Å². The van der Waals surface area contributed by atoms with Crippen LogP contribution < -0.4 is 0 Å². The van der Waals surface area contributed by atoms with Crippen LogP contribution in [-0.2, 0) is 0 Å². The Morgan fingerprint density at radius 1 is 1.27 bits per heavy atom. The Hall–Kier alpha value is -1.29. The average Bonchev–Trinajstić information content (AvgIpc) is 2.45. The number of benzene rings is 1. The molecule has 1 N–H and O–H groups in total. The summed E-state index contributed by atoms with van der Waals surface area (Å²) in [5.74, 6) is 0.0191. The highest BCUT2D eigenvalue weighted by Crippen LogP contribution is 2.26. The molecule has 0 unspecified atom stereocenters. The van der Waals surface area contributed by atoms with Crippen LogP contribution in [0.15, 0.2) is 16.8 Å². The van der Waals surface area contributed by atoms with Crippen LogP contribution in [0.4, 0.5) is 0 Å². The number of fused-ring (bicyclic) bond motifs is 1. The molecule has 11 heavy (non-hydrogen) atoms. The Balaban J connectivity index is 2.96. The normalized spacial score (nSPS) is 10.6. The van der Waals surface area contributed by atoms with Crippen LogP contribution in [0.25, 0.3) is 11.0 Å². The topological polar surface area (TPSA) is 59.2 Å². The summed E-state index contributed by atoms with van der Waals surface area (Å²) in [4.78, 5) is 0. The minimum Gasteiger partial charge on any atom is -0.505 e. The molecule has 1 heterocycles. The van der Waals surface area contributed by atoms with E-state index in [1.807, 2.05) is 0 Å². The van der Waals surface area contributed by atoms with Crippen LogP contribution in [0, 0.1) is 0 Å². The van der Waals surface area contributed by atoms with Crippen molar-refractivity contribution in [3.8, 4) is 5.75 Å². The first-order valence-corrected chi connectivity index (χ1v) is 3.26. The van der Waals surface area contributed by atoms with Gasteiger partial charge in [0.1, 0.15) is 5.75 Å². The summed E-state index contributed by atoms with van der Waals surface area (Å²) in [5, 5.41) is 16.5. The molecule has 0 fully saturated rings. The summed E-state index contributed by atoms with van der Waals surface area (Å²) in [6.45, 7) is 0. The quantitative estimate of drug-likeness (QED) is 0.652. The first kappa shape index (κ1) is 6.42. The molecule has 56 valence electrons. The van der Waals surface area contributed by atoms with E-state index < -0.39 is 0 Å². The first-order chi connectivity index (χ1) is 5.29. The molecule has 0 spiro atoms. The number of aromatic hydroxyl groups is 1. The van der Waals surface area contributed by atoms with E-state index in [2.05, 4.69) is 14.9 Å². The monoisotopic (exact) mass is 170 g/mol. The zero-order valence-corrected chi connectivity index (χ0v) is 6.04. The van der Waals surface area contributed by atoms with Gasteiger partial charge in [0, 0.05) is 0 Å². The minimum absolute atomic E-state index is 0.0191. The molecule has 0 aliphatic heterocycles. The van der Waals surface area contributed by atoms with Gasteiger partial charge in [-0.1, -0.05) is 11.6 Å². The first-order valence-electron chi connectivity index (χ1n) is 2.89. The van der Waals surface area contributed by atoms with Crippen LogP contribution in [0.5, 0.6) is 5.75 Å². The van der Waals surface area contributed by atoms with E-state index in [9.17, 15) is 0 Å². The molecule has 2 aromatic rings. The fourth-order valence-electron chi connectivity index (χ4n) is 0.823. The third kappa shape index (κ3) is 0.832. The van der Waals surface area contributed by atoms with Crippen molar-refractivity contribution in [3.05, 3.63) is 17.2 Å². The van der Waals surface area contributed by atoms with Crippen molar-refractivity contribution >= 4 is 22.6 Å². The van der Waals surface area contributed by atoms with Gasteiger partial charge in [-0.25, -0.2) is 4.63 Å². The van der Waals surface area contributed by atoms with E-state index in [-0.39, 0.29) is 11.3 Å². The summed E-state index contributed by atoms with van der Waals surface area (Å²) in [6.07, 6.45) is 0. The molecule has 0 saturated carbocycles. The van der Waals surface area contributed by atoms with E-state index in [4.69, 9.17) is 16.7 Å². The molecule has 0 bridgehead atoms. The van der Waals surface area contributed by atoms with Crippen molar-refractivity contribution in [1.82, 2.24) is 10.3 Å². The van der Waals surface area contributed by atoms with Crippen molar-refractivity contribution in [3.63, 3.8) is 0 Å². The average molecular weight is 171 g/mol. The molecule has 0 saturated heterocycles. The van der Waals surface area contributed by atoms with E-state index in [1.165, 1.54) is 12.1 Å². The Kier molecular flexibility index (Phi) is 1.22. The van der Waals surface area contributed by atoms with Crippen LogP contribution >= 0.6 is 11.6 Å². The molecule has 0 atom stereocenters. The predicted molar refractivity (Wildman–Crippen MR) is 38.5 cm³/mol. The third-order valence-corrected chi connectivity index (χ3v) is 1.65. The standard InChI is InChI=1S/C6H3ClN2O2/c7-3-1-2-4(10)6-5(3)8-11-9-6/h1-2,10H. The van der Waals surface area contributed by atoms with Gasteiger partial charge in [0.05, 0.1) is 5.02 Å². The van der Waals surface area contributed by atoms with Gasteiger partial charge in [-0.2, -0.15) is 0 Å². The number of hydrogen-bond donors (Lipinski definition) is 1. The SMILES string of the molecule is Oc1ccc(Cl)c2nonc12. The number of halogens is 1. The summed E-state index contributed by atoms with van der Waals surface area (Å²) in [5.41, 5.74) is 0.671. The third-order valence-electron chi connectivity index (χ3n) is 1.34. The van der Waals surface area contributed by atoms with Gasteiger partial charge in [0.15, 0.2) is 11.0 Å². The van der Waals surface area contributed by atoms with Crippen LogP contribution in [0.3, 0.4) is 0 Å². The second-order valence-electron chi connectivity index (χ2n) is 2.03. The van der Waals surface area contributed by atoms with Crippen LogP contribution in [-0.4, -0.2) is 15.4 Å². The highest BCUT2D eigenvalue weighted by Gasteiger charge is 2.08. The Morgan fingerprint density at radius 2 is 2.00 bits per heavy atom. The van der Waals surface area contributed by atoms with Gasteiger partial charge in [0.2, 0.25) is 0 Å². The minimum atomic E-state index is 0.0191. The highest BCUT2D eigenvalue weighted by atomic mass is 35.5.